The predicted molar refractivity (Wildman–Crippen MR) is 93.7 cm³/mol. The van der Waals surface area contributed by atoms with Crippen LogP contribution in [0.1, 0.15) is 5.76 Å². The molecule has 2 rings (SSSR count). The highest BCUT2D eigenvalue weighted by atomic mass is 35.5. The van der Waals surface area contributed by atoms with Gasteiger partial charge in [0.05, 0.1) is 17.8 Å². The van der Waals surface area contributed by atoms with Gasteiger partial charge < -0.3 is 19.8 Å². The molecule has 0 bridgehead atoms. The van der Waals surface area contributed by atoms with Gasteiger partial charge in [0.1, 0.15) is 23.1 Å². The van der Waals surface area contributed by atoms with E-state index in [0.29, 0.717) is 34.9 Å². The van der Waals surface area contributed by atoms with Crippen molar-refractivity contribution in [1.82, 2.24) is 10.6 Å². The van der Waals surface area contributed by atoms with Crippen LogP contribution in [-0.2, 0) is 6.42 Å². The van der Waals surface area contributed by atoms with Crippen molar-refractivity contribution in [2.24, 2.45) is 4.99 Å². The summed E-state index contributed by atoms with van der Waals surface area (Å²) in [6, 6.07) is 9.12. The second kappa shape index (κ2) is 9.33. The fourth-order valence-corrected chi connectivity index (χ4v) is 2.25. The zero-order valence-corrected chi connectivity index (χ0v) is 14.3. The molecule has 23 heavy (non-hydrogen) atoms. The summed E-state index contributed by atoms with van der Waals surface area (Å²) in [5.41, 5.74) is 0. The molecule has 1 heterocycles. The van der Waals surface area contributed by atoms with Crippen molar-refractivity contribution >= 4 is 29.2 Å². The second-order valence-corrected chi connectivity index (χ2v) is 5.44. The lowest BCUT2D eigenvalue weighted by molar-refractivity contribution is 0.322. The summed E-state index contributed by atoms with van der Waals surface area (Å²) in [6.07, 6.45) is 2.46. The van der Waals surface area contributed by atoms with Crippen LogP contribution in [0, 0.1) is 0 Å². The van der Waals surface area contributed by atoms with Crippen molar-refractivity contribution < 1.29 is 9.15 Å². The zero-order chi connectivity index (χ0) is 16.5. The lowest BCUT2D eigenvalue weighted by Crippen LogP contribution is -2.40. The molecule has 2 aromatic rings. The van der Waals surface area contributed by atoms with E-state index >= 15 is 0 Å². The number of ether oxygens (including phenoxy) is 1. The zero-order valence-electron chi connectivity index (χ0n) is 12.8. The van der Waals surface area contributed by atoms with Crippen LogP contribution in [0.5, 0.6) is 5.75 Å². The third kappa shape index (κ3) is 5.69. The van der Waals surface area contributed by atoms with E-state index < -0.39 is 0 Å². The molecule has 0 atom stereocenters. The van der Waals surface area contributed by atoms with Crippen LogP contribution >= 0.6 is 23.2 Å². The van der Waals surface area contributed by atoms with Crippen molar-refractivity contribution in [3.63, 3.8) is 0 Å². The molecule has 1 aromatic heterocycles. The fraction of sp³-hybridized carbons (Fsp3) is 0.312. The van der Waals surface area contributed by atoms with Crippen LogP contribution in [0.4, 0.5) is 0 Å². The van der Waals surface area contributed by atoms with Gasteiger partial charge in [-0.25, -0.2) is 0 Å². The van der Waals surface area contributed by atoms with Crippen LogP contribution in [0.25, 0.3) is 0 Å². The lowest BCUT2D eigenvalue weighted by Gasteiger charge is -2.13. The molecule has 0 aliphatic heterocycles. The Balaban J connectivity index is 1.66. The summed E-state index contributed by atoms with van der Waals surface area (Å²) in [5.74, 6) is 2.21. The molecular weight excluding hydrogens is 337 g/mol. The lowest BCUT2D eigenvalue weighted by atomic mass is 10.3. The Bertz CT molecular complexity index is 630. The third-order valence-corrected chi connectivity index (χ3v) is 3.84. The number of halogens is 2. The SMILES string of the molecule is CN=C(NCCOc1cccc(Cl)c1Cl)NCCc1ccco1. The van der Waals surface area contributed by atoms with Gasteiger partial charge in [-0.05, 0) is 24.3 Å². The van der Waals surface area contributed by atoms with E-state index in [-0.39, 0.29) is 0 Å². The Morgan fingerprint density at radius 1 is 1.17 bits per heavy atom. The van der Waals surface area contributed by atoms with Gasteiger partial charge in [0.2, 0.25) is 0 Å². The van der Waals surface area contributed by atoms with E-state index in [1.165, 1.54) is 0 Å². The minimum Gasteiger partial charge on any atom is -0.490 e. The van der Waals surface area contributed by atoms with Crippen molar-refractivity contribution in [2.75, 3.05) is 26.7 Å². The molecule has 0 fully saturated rings. The predicted octanol–water partition coefficient (Wildman–Crippen LogP) is 3.37. The summed E-state index contributed by atoms with van der Waals surface area (Å²) >= 11 is 12.0. The van der Waals surface area contributed by atoms with Gasteiger partial charge in [0, 0.05) is 20.0 Å². The molecule has 7 heteroatoms. The molecule has 5 nitrogen and oxygen atoms in total. The summed E-state index contributed by atoms with van der Waals surface area (Å²) in [6.45, 7) is 1.76. The smallest absolute Gasteiger partial charge is 0.191 e. The van der Waals surface area contributed by atoms with Crippen molar-refractivity contribution in [3.05, 3.63) is 52.4 Å². The molecule has 0 saturated carbocycles. The highest BCUT2D eigenvalue weighted by molar-refractivity contribution is 6.42. The molecular formula is C16H19Cl2N3O2. The standard InChI is InChI=1S/C16H19Cl2N3O2/c1-19-16(20-8-7-12-4-3-10-22-12)21-9-11-23-14-6-2-5-13(17)15(14)18/h2-6,10H,7-9,11H2,1H3,(H2,19,20,21). The van der Waals surface area contributed by atoms with E-state index in [0.717, 1.165) is 18.7 Å². The minimum atomic E-state index is 0.426. The fourth-order valence-electron chi connectivity index (χ4n) is 1.91. The maximum absolute atomic E-state index is 6.06. The number of nitrogens with one attached hydrogen (secondary N) is 2. The number of rotatable bonds is 7. The highest BCUT2D eigenvalue weighted by Gasteiger charge is 2.05. The number of guanidine groups is 1. The Labute approximate surface area is 145 Å². The molecule has 0 aliphatic carbocycles. The largest absolute Gasteiger partial charge is 0.490 e. The molecule has 1 aromatic carbocycles. The third-order valence-electron chi connectivity index (χ3n) is 3.04. The summed E-state index contributed by atoms with van der Waals surface area (Å²) in [7, 11) is 1.72. The Hall–Kier alpha value is -1.85. The molecule has 0 aliphatic rings. The Morgan fingerprint density at radius 2 is 2.00 bits per heavy atom. The summed E-state index contributed by atoms with van der Waals surface area (Å²) < 4.78 is 10.9. The van der Waals surface area contributed by atoms with Gasteiger partial charge >= 0.3 is 0 Å². The first-order valence-corrected chi connectivity index (χ1v) is 8.00. The molecule has 124 valence electrons. The van der Waals surface area contributed by atoms with Gasteiger partial charge in [0.25, 0.3) is 0 Å². The van der Waals surface area contributed by atoms with Crippen LogP contribution in [0.3, 0.4) is 0 Å². The van der Waals surface area contributed by atoms with Crippen molar-refractivity contribution in [1.29, 1.82) is 0 Å². The number of benzene rings is 1. The summed E-state index contributed by atoms with van der Waals surface area (Å²) in [5, 5.41) is 7.27. The quantitative estimate of drug-likeness (QED) is 0.454. The minimum absolute atomic E-state index is 0.426. The topological polar surface area (TPSA) is 58.8 Å². The Kier molecular flexibility index (Phi) is 7.10. The monoisotopic (exact) mass is 355 g/mol. The molecule has 0 saturated heterocycles. The van der Waals surface area contributed by atoms with Crippen LogP contribution in [0.2, 0.25) is 10.0 Å². The number of hydrogen-bond acceptors (Lipinski definition) is 3. The summed E-state index contributed by atoms with van der Waals surface area (Å²) in [4.78, 5) is 4.14. The van der Waals surface area contributed by atoms with Gasteiger partial charge in [-0.3, -0.25) is 4.99 Å². The number of aliphatic imine (C=N–C) groups is 1. The molecule has 0 spiro atoms. The van der Waals surface area contributed by atoms with Crippen LogP contribution < -0.4 is 15.4 Å². The second-order valence-electron chi connectivity index (χ2n) is 4.66. The van der Waals surface area contributed by atoms with E-state index in [4.69, 9.17) is 32.4 Å². The number of furan rings is 1. The van der Waals surface area contributed by atoms with Crippen LogP contribution in [0.15, 0.2) is 46.0 Å². The van der Waals surface area contributed by atoms with E-state index in [1.807, 2.05) is 12.1 Å². The van der Waals surface area contributed by atoms with E-state index in [9.17, 15) is 0 Å². The van der Waals surface area contributed by atoms with Gasteiger partial charge in [-0.15, -0.1) is 0 Å². The highest BCUT2D eigenvalue weighted by Crippen LogP contribution is 2.31. The average molecular weight is 356 g/mol. The average Bonchev–Trinajstić information content (AvgIpc) is 3.07. The first-order chi connectivity index (χ1) is 11.2. The van der Waals surface area contributed by atoms with Crippen molar-refractivity contribution in [3.8, 4) is 5.75 Å². The molecule has 0 radical (unpaired) electrons. The van der Waals surface area contributed by atoms with Crippen LogP contribution in [-0.4, -0.2) is 32.7 Å². The van der Waals surface area contributed by atoms with Gasteiger partial charge in [-0.2, -0.15) is 0 Å². The molecule has 0 amide bonds. The van der Waals surface area contributed by atoms with E-state index in [1.54, 1.807) is 31.5 Å². The Morgan fingerprint density at radius 3 is 2.74 bits per heavy atom. The van der Waals surface area contributed by atoms with Gasteiger partial charge in [0.15, 0.2) is 5.96 Å². The molecule has 0 unspecified atom stereocenters. The molecule has 2 N–H and O–H groups in total. The number of hydrogen-bond donors (Lipinski definition) is 2. The first-order valence-electron chi connectivity index (χ1n) is 7.24. The first kappa shape index (κ1) is 17.5. The maximum Gasteiger partial charge on any atom is 0.191 e. The van der Waals surface area contributed by atoms with E-state index in [2.05, 4.69) is 15.6 Å². The van der Waals surface area contributed by atoms with Gasteiger partial charge in [-0.1, -0.05) is 29.3 Å². The number of nitrogens with zero attached hydrogens (tertiary/aromatic N) is 1. The normalized spacial score (nSPS) is 11.3. The van der Waals surface area contributed by atoms with Crippen molar-refractivity contribution in [2.45, 2.75) is 6.42 Å². The maximum atomic E-state index is 6.06.